The molecule has 120 valence electrons. The van der Waals surface area contributed by atoms with Gasteiger partial charge in [0.25, 0.3) is 5.56 Å². The first kappa shape index (κ1) is 15.1. The fourth-order valence-electron chi connectivity index (χ4n) is 2.34. The van der Waals surface area contributed by atoms with Gasteiger partial charge in [-0.25, -0.2) is 4.98 Å². The average Bonchev–Trinajstić information content (AvgIpc) is 3.14. The van der Waals surface area contributed by atoms with Gasteiger partial charge in [-0.05, 0) is 26.0 Å². The van der Waals surface area contributed by atoms with E-state index in [0.29, 0.717) is 29.2 Å². The third-order valence-corrected chi connectivity index (χ3v) is 3.78. The van der Waals surface area contributed by atoms with E-state index in [9.17, 15) is 9.59 Å². The summed E-state index contributed by atoms with van der Waals surface area (Å²) in [4.78, 5) is 28.4. The van der Waals surface area contributed by atoms with E-state index in [1.54, 1.807) is 25.3 Å². The van der Waals surface area contributed by atoms with Crippen LogP contribution in [-0.4, -0.2) is 15.5 Å². The average molecular weight is 315 g/mol. The zero-order valence-corrected chi connectivity index (χ0v) is 13.0. The number of hydrogen-bond acceptors (Lipinski definition) is 5. The lowest BCUT2D eigenvalue weighted by Crippen LogP contribution is -2.27. The Morgan fingerprint density at radius 1 is 1.39 bits per heavy atom. The van der Waals surface area contributed by atoms with Crippen molar-refractivity contribution in [3.8, 4) is 0 Å². The standard InChI is InChI=1S/C16H17N3O4/c1-10-11(2)23-15-14(10)16(21)19(9-18-15)6-5-13(20)17-8-12-4-3-7-22-12/h3-4,7,9H,5-6,8H2,1-2H3,(H,17,20). The Balaban J connectivity index is 1.67. The highest BCUT2D eigenvalue weighted by atomic mass is 16.3. The highest BCUT2D eigenvalue weighted by molar-refractivity contribution is 5.77. The predicted molar refractivity (Wildman–Crippen MR) is 82.9 cm³/mol. The predicted octanol–water partition coefficient (Wildman–Crippen LogP) is 1.91. The second-order valence-electron chi connectivity index (χ2n) is 5.31. The minimum absolute atomic E-state index is 0.159. The molecule has 0 radical (unpaired) electrons. The molecule has 0 atom stereocenters. The number of aryl methyl sites for hydroxylation is 3. The zero-order valence-electron chi connectivity index (χ0n) is 13.0. The van der Waals surface area contributed by atoms with Crippen LogP contribution in [-0.2, 0) is 17.9 Å². The third kappa shape index (κ3) is 3.03. The van der Waals surface area contributed by atoms with Crippen LogP contribution in [0.5, 0.6) is 0 Å². The van der Waals surface area contributed by atoms with Gasteiger partial charge in [-0.1, -0.05) is 0 Å². The Kier molecular flexibility index (Phi) is 4.01. The molecule has 7 nitrogen and oxygen atoms in total. The molecule has 0 saturated heterocycles. The van der Waals surface area contributed by atoms with Crippen molar-refractivity contribution in [2.75, 3.05) is 0 Å². The molecular weight excluding hydrogens is 298 g/mol. The van der Waals surface area contributed by atoms with Crippen molar-refractivity contribution in [3.05, 3.63) is 52.2 Å². The monoisotopic (exact) mass is 315 g/mol. The number of carbonyl (C=O) groups is 1. The maximum atomic E-state index is 12.4. The molecule has 3 aromatic rings. The largest absolute Gasteiger partial charge is 0.467 e. The molecule has 0 fully saturated rings. The van der Waals surface area contributed by atoms with E-state index in [-0.39, 0.29) is 24.4 Å². The first-order valence-electron chi connectivity index (χ1n) is 7.30. The van der Waals surface area contributed by atoms with Crippen molar-refractivity contribution >= 4 is 17.0 Å². The quantitative estimate of drug-likeness (QED) is 0.776. The Morgan fingerprint density at radius 3 is 2.96 bits per heavy atom. The molecule has 0 bridgehead atoms. The Labute approximate surface area is 131 Å². The topological polar surface area (TPSA) is 90.3 Å². The van der Waals surface area contributed by atoms with E-state index in [4.69, 9.17) is 8.83 Å². The SMILES string of the molecule is Cc1oc2ncn(CCC(=O)NCc3ccco3)c(=O)c2c1C. The maximum absolute atomic E-state index is 12.4. The number of carbonyl (C=O) groups excluding carboxylic acids is 1. The van der Waals surface area contributed by atoms with Gasteiger partial charge >= 0.3 is 0 Å². The van der Waals surface area contributed by atoms with Gasteiger partial charge in [0.1, 0.15) is 23.2 Å². The van der Waals surface area contributed by atoms with Crippen molar-refractivity contribution in [3.63, 3.8) is 0 Å². The molecule has 0 aliphatic carbocycles. The van der Waals surface area contributed by atoms with Crippen LogP contribution < -0.4 is 10.9 Å². The molecule has 0 aliphatic rings. The summed E-state index contributed by atoms with van der Waals surface area (Å²) in [6.07, 6.45) is 3.15. The second kappa shape index (κ2) is 6.12. The molecule has 1 amide bonds. The smallest absolute Gasteiger partial charge is 0.264 e. The normalized spacial score (nSPS) is 11.0. The molecule has 0 saturated carbocycles. The van der Waals surface area contributed by atoms with Crippen LogP contribution in [0, 0.1) is 13.8 Å². The van der Waals surface area contributed by atoms with Gasteiger partial charge in [0.2, 0.25) is 11.6 Å². The van der Waals surface area contributed by atoms with Crippen LogP contribution in [0.3, 0.4) is 0 Å². The molecular formula is C16H17N3O4. The highest BCUT2D eigenvalue weighted by Crippen LogP contribution is 2.19. The summed E-state index contributed by atoms with van der Waals surface area (Å²) >= 11 is 0. The Bertz CT molecular complexity index is 890. The van der Waals surface area contributed by atoms with Crippen molar-refractivity contribution in [1.82, 2.24) is 14.9 Å². The summed E-state index contributed by atoms with van der Waals surface area (Å²) < 4.78 is 12.0. The lowest BCUT2D eigenvalue weighted by Gasteiger charge is -2.06. The molecule has 0 spiro atoms. The first-order chi connectivity index (χ1) is 11.1. The van der Waals surface area contributed by atoms with E-state index in [2.05, 4.69) is 10.3 Å². The summed E-state index contributed by atoms with van der Waals surface area (Å²) in [5, 5.41) is 3.21. The number of fused-ring (bicyclic) bond motifs is 1. The summed E-state index contributed by atoms with van der Waals surface area (Å²) in [5.74, 6) is 1.20. The fraction of sp³-hybridized carbons (Fsp3) is 0.312. The molecule has 0 aromatic carbocycles. The van der Waals surface area contributed by atoms with E-state index >= 15 is 0 Å². The van der Waals surface area contributed by atoms with Crippen LogP contribution in [0.15, 0.2) is 38.4 Å². The van der Waals surface area contributed by atoms with Gasteiger partial charge in [-0.15, -0.1) is 0 Å². The maximum Gasteiger partial charge on any atom is 0.264 e. The molecule has 3 heterocycles. The van der Waals surface area contributed by atoms with Gasteiger partial charge in [-0.2, -0.15) is 0 Å². The minimum atomic E-state index is -0.191. The lowest BCUT2D eigenvalue weighted by molar-refractivity contribution is -0.121. The Morgan fingerprint density at radius 2 is 2.22 bits per heavy atom. The third-order valence-electron chi connectivity index (χ3n) is 3.78. The number of amides is 1. The molecule has 0 aliphatic heterocycles. The Hall–Kier alpha value is -2.83. The molecule has 23 heavy (non-hydrogen) atoms. The van der Waals surface area contributed by atoms with E-state index in [0.717, 1.165) is 5.56 Å². The summed E-state index contributed by atoms with van der Waals surface area (Å²) in [6, 6.07) is 3.55. The molecule has 1 N–H and O–H groups in total. The summed E-state index contributed by atoms with van der Waals surface area (Å²) in [6.45, 7) is 4.21. The van der Waals surface area contributed by atoms with Crippen molar-refractivity contribution in [1.29, 1.82) is 0 Å². The molecule has 0 unspecified atom stereocenters. The zero-order chi connectivity index (χ0) is 16.4. The summed E-state index contributed by atoms with van der Waals surface area (Å²) in [7, 11) is 0. The molecule has 7 heteroatoms. The van der Waals surface area contributed by atoms with Crippen LogP contribution in [0.4, 0.5) is 0 Å². The van der Waals surface area contributed by atoms with Gasteiger partial charge < -0.3 is 14.2 Å². The van der Waals surface area contributed by atoms with E-state index in [1.165, 1.54) is 10.9 Å². The van der Waals surface area contributed by atoms with Gasteiger partial charge in [0.05, 0.1) is 12.8 Å². The fourth-order valence-corrected chi connectivity index (χ4v) is 2.34. The van der Waals surface area contributed by atoms with E-state index in [1.807, 2.05) is 6.92 Å². The van der Waals surface area contributed by atoms with Gasteiger partial charge in [0, 0.05) is 18.5 Å². The van der Waals surface area contributed by atoms with Crippen LogP contribution >= 0.6 is 0 Å². The van der Waals surface area contributed by atoms with Crippen LogP contribution in [0.25, 0.3) is 11.1 Å². The molecule has 3 aromatic heterocycles. The van der Waals surface area contributed by atoms with E-state index < -0.39 is 0 Å². The van der Waals surface area contributed by atoms with Gasteiger partial charge in [-0.3, -0.25) is 14.2 Å². The number of furan rings is 2. The van der Waals surface area contributed by atoms with Gasteiger partial charge in [0.15, 0.2) is 0 Å². The number of nitrogens with zero attached hydrogens (tertiary/aromatic N) is 2. The van der Waals surface area contributed by atoms with Crippen molar-refractivity contribution in [2.45, 2.75) is 33.4 Å². The number of hydrogen-bond donors (Lipinski definition) is 1. The number of rotatable bonds is 5. The minimum Gasteiger partial charge on any atom is -0.467 e. The first-order valence-corrected chi connectivity index (χ1v) is 7.30. The van der Waals surface area contributed by atoms with Crippen molar-refractivity contribution < 1.29 is 13.6 Å². The van der Waals surface area contributed by atoms with Crippen LogP contribution in [0.2, 0.25) is 0 Å². The number of aromatic nitrogens is 2. The number of nitrogens with one attached hydrogen (secondary N) is 1. The highest BCUT2D eigenvalue weighted by Gasteiger charge is 2.14. The molecule has 3 rings (SSSR count). The van der Waals surface area contributed by atoms with Crippen LogP contribution in [0.1, 0.15) is 23.5 Å². The summed E-state index contributed by atoms with van der Waals surface area (Å²) in [5.41, 5.74) is 0.931. The second-order valence-corrected chi connectivity index (χ2v) is 5.31. The van der Waals surface area contributed by atoms with Crippen molar-refractivity contribution in [2.24, 2.45) is 0 Å². The lowest BCUT2D eigenvalue weighted by atomic mass is 10.2.